The molecule has 0 unspecified atom stereocenters. The lowest BCUT2D eigenvalue weighted by Crippen LogP contribution is -2.40. The van der Waals surface area contributed by atoms with Crippen molar-refractivity contribution in [2.75, 3.05) is 18.0 Å². The summed E-state index contributed by atoms with van der Waals surface area (Å²) in [4.78, 5) is 10.9. The lowest BCUT2D eigenvalue weighted by molar-refractivity contribution is -0.352. The van der Waals surface area contributed by atoms with Crippen LogP contribution in [-0.4, -0.2) is 41.6 Å². The van der Waals surface area contributed by atoms with Crippen LogP contribution in [0.4, 0.5) is 19.0 Å². The van der Waals surface area contributed by atoms with Gasteiger partial charge in [-0.1, -0.05) is 0 Å². The highest BCUT2D eigenvalue weighted by Gasteiger charge is 2.41. The molecule has 2 N–H and O–H groups in total. The number of alkyl halides is 3. The Labute approximate surface area is 126 Å². The fourth-order valence-electron chi connectivity index (χ4n) is 2.93. The van der Waals surface area contributed by atoms with Crippen LogP contribution in [0.25, 0.3) is 0 Å². The van der Waals surface area contributed by atoms with Gasteiger partial charge in [0.15, 0.2) is 0 Å². The number of halogens is 3. The van der Waals surface area contributed by atoms with E-state index in [2.05, 4.69) is 19.6 Å². The number of anilines is 1. The molecule has 0 aromatic carbocycles. The van der Waals surface area contributed by atoms with Crippen molar-refractivity contribution in [2.24, 2.45) is 5.73 Å². The molecule has 1 saturated heterocycles. The Hall–Kier alpha value is -1.41. The SMILES string of the molecule is NC1CCN(c2ccnc(C3CC(OC(F)(F)F)C3)n2)CC1. The summed E-state index contributed by atoms with van der Waals surface area (Å²) in [6.07, 6.45) is -1.20. The van der Waals surface area contributed by atoms with Gasteiger partial charge in [-0.3, -0.25) is 4.74 Å². The topological polar surface area (TPSA) is 64.3 Å². The van der Waals surface area contributed by atoms with Crippen LogP contribution in [-0.2, 0) is 4.74 Å². The molecule has 2 heterocycles. The second kappa shape index (κ2) is 6.00. The summed E-state index contributed by atoms with van der Waals surface area (Å²) in [7, 11) is 0. The zero-order valence-corrected chi connectivity index (χ0v) is 12.1. The molecule has 1 aliphatic carbocycles. The summed E-state index contributed by atoms with van der Waals surface area (Å²) < 4.78 is 40.4. The van der Waals surface area contributed by atoms with Gasteiger partial charge in [-0.15, -0.1) is 13.2 Å². The smallest absolute Gasteiger partial charge is 0.356 e. The van der Waals surface area contributed by atoms with Crippen molar-refractivity contribution >= 4 is 5.82 Å². The van der Waals surface area contributed by atoms with E-state index in [9.17, 15) is 13.2 Å². The van der Waals surface area contributed by atoms with E-state index in [1.807, 2.05) is 6.07 Å². The lowest BCUT2D eigenvalue weighted by Gasteiger charge is -2.35. The Bertz CT molecular complexity index is 511. The predicted octanol–water partition coefficient (Wildman–Crippen LogP) is 2.19. The highest BCUT2D eigenvalue weighted by Crippen LogP contribution is 2.40. The van der Waals surface area contributed by atoms with E-state index in [1.54, 1.807) is 6.20 Å². The predicted molar refractivity (Wildman–Crippen MR) is 74.4 cm³/mol. The Balaban J connectivity index is 1.59. The number of hydrogen-bond acceptors (Lipinski definition) is 5. The molecule has 22 heavy (non-hydrogen) atoms. The molecule has 0 atom stereocenters. The first-order chi connectivity index (χ1) is 10.4. The fraction of sp³-hybridized carbons (Fsp3) is 0.714. The number of aromatic nitrogens is 2. The summed E-state index contributed by atoms with van der Waals surface area (Å²) in [5.41, 5.74) is 5.88. The van der Waals surface area contributed by atoms with Crippen LogP contribution in [0.1, 0.15) is 37.4 Å². The molecule has 0 spiro atoms. The van der Waals surface area contributed by atoms with Gasteiger partial charge < -0.3 is 10.6 Å². The van der Waals surface area contributed by atoms with Crippen LogP contribution in [0, 0.1) is 0 Å². The maximum absolute atomic E-state index is 12.1. The van der Waals surface area contributed by atoms with Crippen molar-refractivity contribution in [1.29, 1.82) is 0 Å². The Kier molecular flexibility index (Phi) is 4.22. The minimum atomic E-state index is -4.56. The molecule has 1 aromatic rings. The van der Waals surface area contributed by atoms with E-state index >= 15 is 0 Å². The molecule has 0 radical (unpaired) electrons. The largest absolute Gasteiger partial charge is 0.522 e. The second-order valence-electron chi connectivity index (χ2n) is 5.95. The number of hydrogen-bond donors (Lipinski definition) is 1. The highest BCUT2D eigenvalue weighted by atomic mass is 19.4. The minimum absolute atomic E-state index is 0.0562. The van der Waals surface area contributed by atoms with Crippen LogP contribution in [0.5, 0.6) is 0 Å². The molecule has 8 heteroatoms. The third-order valence-corrected chi connectivity index (χ3v) is 4.28. The maximum Gasteiger partial charge on any atom is 0.522 e. The standard InChI is InChI=1S/C14H19F3N4O/c15-14(16,17)22-11-7-9(8-11)13-19-4-1-12(20-13)21-5-2-10(18)3-6-21/h1,4,9-11H,2-3,5-8,18H2. The van der Waals surface area contributed by atoms with Gasteiger partial charge in [-0.05, 0) is 31.7 Å². The first-order valence-corrected chi connectivity index (χ1v) is 7.49. The molecule has 1 aliphatic heterocycles. The number of ether oxygens (including phenoxy) is 1. The van der Waals surface area contributed by atoms with E-state index in [0.29, 0.717) is 18.7 Å². The summed E-state index contributed by atoms with van der Waals surface area (Å²) in [5, 5.41) is 0. The molecule has 5 nitrogen and oxygen atoms in total. The first-order valence-electron chi connectivity index (χ1n) is 7.49. The van der Waals surface area contributed by atoms with Crippen molar-refractivity contribution in [3.05, 3.63) is 18.1 Å². The third-order valence-electron chi connectivity index (χ3n) is 4.28. The number of rotatable bonds is 3. The van der Waals surface area contributed by atoms with E-state index in [1.165, 1.54) is 0 Å². The van der Waals surface area contributed by atoms with Gasteiger partial charge in [0.05, 0.1) is 6.10 Å². The molecule has 1 saturated carbocycles. The number of piperidine rings is 1. The van der Waals surface area contributed by atoms with Gasteiger partial charge in [0.25, 0.3) is 0 Å². The van der Waals surface area contributed by atoms with Gasteiger partial charge in [-0.2, -0.15) is 0 Å². The molecule has 1 aromatic heterocycles. The normalized spacial score (nSPS) is 26.8. The van der Waals surface area contributed by atoms with E-state index in [-0.39, 0.29) is 12.0 Å². The van der Waals surface area contributed by atoms with Gasteiger partial charge in [0.2, 0.25) is 0 Å². The lowest BCUT2D eigenvalue weighted by atomic mass is 9.81. The third kappa shape index (κ3) is 3.67. The van der Waals surface area contributed by atoms with Crippen LogP contribution in [0.15, 0.2) is 12.3 Å². The summed E-state index contributed by atoms with van der Waals surface area (Å²) >= 11 is 0. The molecule has 2 fully saturated rings. The van der Waals surface area contributed by atoms with Crippen molar-refractivity contribution in [2.45, 2.75) is 50.1 Å². The summed E-state index contributed by atoms with van der Waals surface area (Å²) in [6, 6.07) is 2.08. The van der Waals surface area contributed by atoms with Gasteiger partial charge in [0.1, 0.15) is 11.6 Å². The zero-order chi connectivity index (χ0) is 15.7. The number of nitrogens with zero attached hydrogens (tertiary/aromatic N) is 3. The Morgan fingerprint density at radius 2 is 1.91 bits per heavy atom. The Morgan fingerprint density at radius 3 is 2.55 bits per heavy atom. The van der Waals surface area contributed by atoms with Crippen molar-refractivity contribution in [3.8, 4) is 0 Å². The number of nitrogens with two attached hydrogens (primary N) is 1. The van der Waals surface area contributed by atoms with E-state index < -0.39 is 12.5 Å². The first kappa shape index (κ1) is 15.5. The second-order valence-corrected chi connectivity index (χ2v) is 5.95. The van der Waals surface area contributed by atoms with Gasteiger partial charge in [-0.25, -0.2) is 9.97 Å². The highest BCUT2D eigenvalue weighted by molar-refractivity contribution is 5.38. The molecule has 3 rings (SSSR count). The van der Waals surface area contributed by atoms with Crippen molar-refractivity contribution < 1.29 is 17.9 Å². The fourth-order valence-corrected chi connectivity index (χ4v) is 2.93. The molecular formula is C14H19F3N4O. The van der Waals surface area contributed by atoms with E-state index in [0.717, 1.165) is 31.7 Å². The maximum atomic E-state index is 12.1. The average molecular weight is 316 g/mol. The van der Waals surface area contributed by atoms with Crippen LogP contribution in [0.2, 0.25) is 0 Å². The van der Waals surface area contributed by atoms with E-state index in [4.69, 9.17) is 5.73 Å². The monoisotopic (exact) mass is 316 g/mol. The summed E-state index contributed by atoms with van der Waals surface area (Å²) in [5.74, 6) is 1.38. The average Bonchev–Trinajstić information content (AvgIpc) is 2.42. The molecule has 0 amide bonds. The summed E-state index contributed by atoms with van der Waals surface area (Å²) in [6.45, 7) is 1.70. The van der Waals surface area contributed by atoms with Crippen LogP contribution in [0.3, 0.4) is 0 Å². The molecule has 0 bridgehead atoms. The minimum Gasteiger partial charge on any atom is -0.356 e. The molecular weight excluding hydrogens is 297 g/mol. The molecule has 2 aliphatic rings. The zero-order valence-electron chi connectivity index (χ0n) is 12.1. The Morgan fingerprint density at radius 1 is 1.23 bits per heavy atom. The van der Waals surface area contributed by atoms with Crippen LogP contribution < -0.4 is 10.6 Å². The van der Waals surface area contributed by atoms with Crippen molar-refractivity contribution in [1.82, 2.24) is 9.97 Å². The van der Waals surface area contributed by atoms with Crippen molar-refractivity contribution in [3.63, 3.8) is 0 Å². The van der Waals surface area contributed by atoms with Gasteiger partial charge >= 0.3 is 6.36 Å². The molecule has 122 valence electrons. The van der Waals surface area contributed by atoms with Crippen LogP contribution >= 0.6 is 0 Å². The van der Waals surface area contributed by atoms with Gasteiger partial charge in [0, 0.05) is 31.2 Å². The quantitative estimate of drug-likeness (QED) is 0.926.